The van der Waals surface area contributed by atoms with Crippen LogP contribution in [0.2, 0.25) is 0 Å². The first kappa shape index (κ1) is 12.6. The van der Waals surface area contributed by atoms with E-state index in [9.17, 15) is 4.39 Å². The molecule has 2 N–H and O–H groups in total. The van der Waals surface area contributed by atoms with Crippen molar-refractivity contribution in [2.24, 2.45) is 5.73 Å². The van der Waals surface area contributed by atoms with Gasteiger partial charge in [0.15, 0.2) is 11.6 Å². The second-order valence-electron chi connectivity index (χ2n) is 4.27. The molecule has 0 aliphatic carbocycles. The van der Waals surface area contributed by atoms with Gasteiger partial charge < -0.3 is 10.5 Å². The van der Waals surface area contributed by atoms with Gasteiger partial charge in [-0.15, -0.1) is 0 Å². The van der Waals surface area contributed by atoms with Crippen molar-refractivity contribution in [2.75, 3.05) is 0 Å². The highest BCUT2D eigenvalue weighted by Gasteiger charge is 2.07. The van der Waals surface area contributed by atoms with E-state index in [1.54, 1.807) is 18.2 Å². The molecule has 0 unspecified atom stereocenters. The molecule has 3 heteroatoms. The van der Waals surface area contributed by atoms with E-state index in [1.165, 1.54) is 6.07 Å². The van der Waals surface area contributed by atoms with Gasteiger partial charge in [0.05, 0.1) is 0 Å². The molecule has 0 bridgehead atoms. The van der Waals surface area contributed by atoms with Crippen molar-refractivity contribution >= 4 is 0 Å². The molecule has 0 amide bonds. The Morgan fingerprint density at radius 3 is 2.28 bits per heavy atom. The monoisotopic (exact) mass is 245 g/mol. The fourth-order valence-electron chi connectivity index (χ4n) is 1.99. The lowest BCUT2D eigenvalue weighted by Crippen LogP contribution is -2.02. The van der Waals surface area contributed by atoms with Gasteiger partial charge in [0.1, 0.15) is 5.75 Å². The van der Waals surface area contributed by atoms with Gasteiger partial charge in [0.25, 0.3) is 0 Å². The van der Waals surface area contributed by atoms with Gasteiger partial charge in [0.2, 0.25) is 0 Å². The highest BCUT2D eigenvalue weighted by atomic mass is 19.1. The zero-order chi connectivity index (χ0) is 13.1. The summed E-state index contributed by atoms with van der Waals surface area (Å²) >= 11 is 0. The lowest BCUT2D eigenvalue weighted by atomic mass is 10.0. The standard InChI is InChI=1S/C15H16FNO/c1-10-7-12(8-11(2)13(10)9-17)18-15-6-4-3-5-14(15)16/h3-8H,9,17H2,1-2H3. The van der Waals surface area contributed by atoms with Crippen LogP contribution in [0.4, 0.5) is 4.39 Å². The molecule has 0 heterocycles. The largest absolute Gasteiger partial charge is 0.454 e. The number of aryl methyl sites for hydroxylation is 2. The third-order valence-electron chi connectivity index (χ3n) is 2.94. The molecule has 0 fully saturated rings. The zero-order valence-electron chi connectivity index (χ0n) is 10.5. The lowest BCUT2D eigenvalue weighted by molar-refractivity contribution is 0.441. The highest BCUT2D eigenvalue weighted by Crippen LogP contribution is 2.27. The predicted octanol–water partition coefficient (Wildman–Crippen LogP) is 3.69. The van der Waals surface area contributed by atoms with Crippen molar-refractivity contribution in [2.45, 2.75) is 20.4 Å². The van der Waals surface area contributed by atoms with E-state index in [0.717, 1.165) is 16.7 Å². The minimum absolute atomic E-state index is 0.233. The van der Waals surface area contributed by atoms with Crippen LogP contribution >= 0.6 is 0 Å². The molecule has 0 aromatic heterocycles. The first-order valence-electron chi connectivity index (χ1n) is 5.84. The topological polar surface area (TPSA) is 35.2 Å². The van der Waals surface area contributed by atoms with Crippen LogP contribution in [0.25, 0.3) is 0 Å². The van der Waals surface area contributed by atoms with Crippen LogP contribution in [-0.4, -0.2) is 0 Å². The molecule has 0 aliphatic heterocycles. The number of halogens is 1. The molecule has 2 nitrogen and oxygen atoms in total. The molecule has 0 saturated heterocycles. The molecule has 0 saturated carbocycles. The van der Waals surface area contributed by atoms with E-state index < -0.39 is 0 Å². The van der Waals surface area contributed by atoms with Crippen molar-refractivity contribution in [3.8, 4) is 11.5 Å². The number of rotatable bonds is 3. The van der Waals surface area contributed by atoms with Gasteiger partial charge in [-0.3, -0.25) is 0 Å². The molecule has 2 aromatic carbocycles. The van der Waals surface area contributed by atoms with E-state index >= 15 is 0 Å². The molecular formula is C15H16FNO. The number of hydrogen-bond acceptors (Lipinski definition) is 2. The summed E-state index contributed by atoms with van der Waals surface area (Å²) in [5.41, 5.74) is 8.90. The first-order valence-corrected chi connectivity index (χ1v) is 5.84. The van der Waals surface area contributed by atoms with Crippen LogP contribution in [-0.2, 0) is 6.54 Å². The third-order valence-corrected chi connectivity index (χ3v) is 2.94. The summed E-state index contributed by atoms with van der Waals surface area (Å²) in [4.78, 5) is 0. The number of hydrogen-bond donors (Lipinski definition) is 1. The maximum atomic E-state index is 13.5. The second kappa shape index (κ2) is 5.19. The summed E-state index contributed by atoms with van der Waals surface area (Å²) in [7, 11) is 0. The van der Waals surface area contributed by atoms with Gasteiger partial charge in [-0.1, -0.05) is 12.1 Å². The Labute approximate surface area is 106 Å². The molecule has 2 rings (SSSR count). The molecule has 0 radical (unpaired) electrons. The van der Waals surface area contributed by atoms with Gasteiger partial charge >= 0.3 is 0 Å². The molecule has 0 atom stereocenters. The minimum Gasteiger partial charge on any atom is -0.454 e. The minimum atomic E-state index is -0.365. The van der Waals surface area contributed by atoms with Gasteiger partial charge in [0, 0.05) is 6.54 Å². The lowest BCUT2D eigenvalue weighted by Gasteiger charge is -2.12. The summed E-state index contributed by atoms with van der Waals surface area (Å²) in [5, 5.41) is 0. The van der Waals surface area contributed by atoms with Crippen LogP contribution in [0.5, 0.6) is 11.5 Å². The Hall–Kier alpha value is -1.87. The summed E-state index contributed by atoms with van der Waals surface area (Å²) in [5.74, 6) is 0.500. The van der Waals surface area contributed by atoms with E-state index in [4.69, 9.17) is 10.5 Å². The number of ether oxygens (including phenoxy) is 1. The zero-order valence-corrected chi connectivity index (χ0v) is 10.5. The van der Waals surface area contributed by atoms with Crippen LogP contribution in [0.1, 0.15) is 16.7 Å². The van der Waals surface area contributed by atoms with E-state index in [-0.39, 0.29) is 11.6 Å². The van der Waals surface area contributed by atoms with E-state index in [0.29, 0.717) is 12.3 Å². The van der Waals surface area contributed by atoms with E-state index in [2.05, 4.69) is 0 Å². The highest BCUT2D eigenvalue weighted by molar-refractivity contribution is 5.43. The predicted molar refractivity (Wildman–Crippen MR) is 70.3 cm³/mol. The van der Waals surface area contributed by atoms with Crippen molar-refractivity contribution in [3.63, 3.8) is 0 Å². The normalized spacial score (nSPS) is 10.4. The first-order chi connectivity index (χ1) is 8.61. The molecule has 0 aliphatic rings. The smallest absolute Gasteiger partial charge is 0.165 e. The Bertz CT molecular complexity index is 543. The molecule has 18 heavy (non-hydrogen) atoms. The molecule has 94 valence electrons. The quantitative estimate of drug-likeness (QED) is 0.895. The Morgan fingerprint density at radius 1 is 1.11 bits per heavy atom. The van der Waals surface area contributed by atoms with Gasteiger partial charge in [-0.25, -0.2) is 4.39 Å². The van der Waals surface area contributed by atoms with Crippen molar-refractivity contribution in [1.82, 2.24) is 0 Å². The van der Waals surface area contributed by atoms with Gasteiger partial charge in [-0.2, -0.15) is 0 Å². The number of benzene rings is 2. The van der Waals surface area contributed by atoms with Crippen molar-refractivity contribution < 1.29 is 9.13 Å². The van der Waals surface area contributed by atoms with Crippen LogP contribution in [0, 0.1) is 19.7 Å². The van der Waals surface area contributed by atoms with Crippen LogP contribution in [0.3, 0.4) is 0 Å². The molecular weight excluding hydrogens is 229 g/mol. The summed E-state index contributed by atoms with van der Waals surface area (Å²) in [6, 6.07) is 10.1. The average molecular weight is 245 g/mol. The summed E-state index contributed by atoms with van der Waals surface area (Å²) in [6.45, 7) is 4.45. The van der Waals surface area contributed by atoms with Crippen LogP contribution < -0.4 is 10.5 Å². The number of para-hydroxylation sites is 1. The molecule has 2 aromatic rings. The average Bonchev–Trinajstić information content (AvgIpc) is 2.32. The SMILES string of the molecule is Cc1cc(Oc2ccccc2F)cc(C)c1CN. The number of nitrogens with two attached hydrogens (primary N) is 1. The van der Waals surface area contributed by atoms with Crippen molar-refractivity contribution in [3.05, 3.63) is 58.9 Å². The van der Waals surface area contributed by atoms with Crippen molar-refractivity contribution in [1.29, 1.82) is 0 Å². The fourth-order valence-corrected chi connectivity index (χ4v) is 1.99. The maximum Gasteiger partial charge on any atom is 0.165 e. The van der Waals surface area contributed by atoms with E-state index in [1.807, 2.05) is 26.0 Å². The summed E-state index contributed by atoms with van der Waals surface area (Å²) < 4.78 is 19.0. The third kappa shape index (κ3) is 2.51. The summed E-state index contributed by atoms with van der Waals surface area (Å²) in [6.07, 6.45) is 0. The molecule has 0 spiro atoms. The second-order valence-corrected chi connectivity index (χ2v) is 4.27. The fraction of sp³-hybridized carbons (Fsp3) is 0.200. The Balaban J connectivity index is 2.34. The Morgan fingerprint density at radius 2 is 1.72 bits per heavy atom. The van der Waals surface area contributed by atoms with Gasteiger partial charge in [-0.05, 0) is 54.8 Å². The Kier molecular flexibility index (Phi) is 3.63. The maximum absolute atomic E-state index is 13.5. The van der Waals surface area contributed by atoms with Crippen LogP contribution in [0.15, 0.2) is 36.4 Å².